The molecule has 29 heavy (non-hydrogen) atoms. The second kappa shape index (κ2) is 11.2. The lowest BCUT2D eigenvalue weighted by molar-refractivity contribution is 0.0947. The molecule has 2 aromatic carbocycles. The van der Waals surface area contributed by atoms with E-state index in [2.05, 4.69) is 22.0 Å². The van der Waals surface area contributed by atoms with Crippen molar-refractivity contribution in [1.29, 1.82) is 0 Å². The fourth-order valence-electron chi connectivity index (χ4n) is 3.46. The van der Waals surface area contributed by atoms with Crippen LogP contribution in [0.3, 0.4) is 0 Å². The Bertz CT molecular complexity index is 791. The van der Waals surface area contributed by atoms with Gasteiger partial charge < -0.3 is 19.9 Å². The van der Waals surface area contributed by atoms with E-state index in [9.17, 15) is 4.79 Å². The van der Waals surface area contributed by atoms with E-state index < -0.39 is 0 Å². The normalized spacial score (nSPS) is 15.2. The summed E-state index contributed by atoms with van der Waals surface area (Å²) >= 11 is 6.00. The highest BCUT2D eigenvalue weighted by Gasteiger charge is 2.14. The molecule has 2 aromatic rings. The monoisotopic (exact) mass is 415 g/mol. The summed E-state index contributed by atoms with van der Waals surface area (Å²) in [5.41, 5.74) is 1.61. The number of likely N-dealkylation sites (N-methyl/N-ethyl adjacent to an activating group) is 1. The van der Waals surface area contributed by atoms with Crippen LogP contribution in [0.2, 0.25) is 5.02 Å². The second-order valence-electron chi connectivity index (χ2n) is 7.33. The number of ether oxygens (including phenoxy) is 1. The summed E-state index contributed by atoms with van der Waals surface area (Å²) in [6.07, 6.45) is 0.961. The Kier molecular flexibility index (Phi) is 8.35. The van der Waals surface area contributed by atoms with Gasteiger partial charge in [-0.1, -0.05) is 36.7 Å². The van der Waals surface area contributed by atoms with Gasteiger partial charge in [0.15, 0.2) is 0 Å². The summed E-state index contributed by atoms with van der Waals surface area (Å²) in [5, 5.41) is 3.70. The van der Waals surface area contributed by atoms with E-state index in [0.717, 1.165) is 51.3 Å². The number of halogens is 1. The first kappa shape index (κ1) is 21.6. The van der Waals surface area contributed by atoms with Gasteiger partial charge in [0.25, 0.3) is 5.91 Å². The van der Waals surface area contributed by atoms with Crippen LogP contribution in [0.1, 0.15) is 29.3 Å². The van der Waals surface area contributed by atoms with Gasteiger partial charge >= 0.3 is 0 Å². The van der Waals surface area contributed by atoms with Crippen LogP contribution in [0.15, 0.2) is 48.5 Å². The molecule has 0 aliphatic carbocycles. The van der Waals surface area contributed by atoms with Crippen molar-refractivity contribution in [3.63, 3.8) is 0 Å². The van der Waals surface area contributed by atoms with Crippen LogP contribution in [0.4, 0.5) is 0 Å². The lowest BCUT2D eigenvalue weighted by Crippen LogP contribution is -2.46. The Morgan fingerprint density at radius 2 is 1.83 bits per heavy atom. The molecule has 6 heteroatoms. The molecular weight excluding hydrogens is 386 g/mol. The molecule has 0 unspecified atom stereocenters. The fourth-order valence-corrected chi connectivity index (χ4v) is 3.67. The summed E-state index contributed by atoms with van der Waals surface area (Å²) in [6.45, 7) is 9.99. The number of hydrogen-bond acceptors (Lipinski definition) is 4. The first-order chi connectivity index (χ1) is 14.1. The van der Waals surface area contributed by atoms with E-state index in [0.29, 0.717) is 29.5 Å². The van der Waals surface area contributed by atoms with E-state index in [-0.39, 0.29) is 5.91 Å². The number of benzene rings is 2. The molecule has 1 fully saturated rings. The van der Waals surface area contributed by atoms with Crippen LogP contribution in [0.25, 0.3) is 0 Å². The summed E-state index contributed by atoms with van der Waals surface area (Å²) in [5.74, 6) is 0.612. The number of piperazine rings is 1. The van der Waals surface area contributed by atoms with Crippen LogP contribution < -0.4 is 10.1 Å². The standard InChI is InChI=1S/C23H30ClN3O2/c1-2-26-12-14-27(15-13-26)11-5-10-25-23(28)20-7-4-9-22(17-20)29-18-19-6-3-8-21(24)16-19/h3-4,6-9,16-17H,2,5,10-15,18H2,1H3,(H,25,28). The highest BCUT2D eigenvalue weighted by atomic mass is 35.5. The predicted molar refractivity (Wildman–Crippen MR) is 118 cm³/mol. The van der Waals surface area contributed by atoms with Crippen LogP contribution in [-0.2, 0) is 6.61 Å². The maximum Gasteiger partial charge on any atom is 0.251 e. The number of amides is 1. The molecule has 0 radical (unpaired) electrons. The number of nitrogens with zero attached hydrogens (tertiary/aromatic N) is 2. The maximum atomic E-state index is 12.4. The molecule has 1 saturated heterocycles. The molecule has 1 amide bonds. The highest BCUT2D eigenvalue weighted by molar-refractivity contribution is 6.30. The van der Waals surface area contributed by atoms with E-state index >= 15 is 0 Å². The second-order valence-corrected chi connectivity index (χ2v) is 7.77. The smallest absolute Gasteiger partial charge is 0.251 e. The van der Waals surface area contributed by atoms with Crippen LogP contribution in [-0.4, -0.2) is 61.5 Å². The van der Waals surface area contributed by atoms with Gasteiger partial charge in [0.05, 0.1) is 0 Å². The first-order valence-electron chi connectivity index (χ1n) is 10.3. The molecule has 0 saturated carbocycles. The molecule has 5 nitrogen and oxygen atoms in total. The van der Waals surface area contributed by atoms with Crippen molar-refractivity contribution in [3.05, 3.63) is 64.7 Å². The molecular formula is C23H30ClN3O2. The Labute approximate surface area is 178 Å². The lowest BCUT2D eigenvalue weighted by Gasteiger charge is -2.33. The van der Waals surface area contributed by atoms with Crippen molar-refractivity contribution >= 4 is 17.5 Å². The van der Waals surface area contributed by atoms with E-state index in [1.165, 1.54) is 0 Å². The summed E-state index contributed by atoms with van der Waals surface area (Å²) in [6, 6.07) is 14.9. The Hall–Kier alpha value is -2.08. The average Bonchev–Trinajstić information content (AvgIpc) is 2.76. The summed E-state index contributed by atoms with van der Waals surface area (Å²) in [7, 11) is 0. The molecule has 0 bridgehead atoms. The minimum Gasteiger partial charge on any atom is -0.489 e. The summed E-state index contributed by atoms with van der Waals surface area (Å²) in [4.78, 5) is 17.4. The van der Waals surface area contributed by atoms with E-state index in [4.69, 9.17) is 16.3 Å². The van der Waals surface area contributed by atoms with E-state index in [1.54, 1.807) is 6.07 Å². The number of carbonyl (C=O) groups is 1. The number of nitrogens with one attached hydrogen (secondary N) is 1. The van der Waals surface area contributed by atoms with Gasteiger partial charge in [-0.2, -0.15) is 0 Å². The van der Waals surface area contributed by atoms with Gasteiger partial charge in [-0.3, -0.25) is 4.79 Å². The minimum atomic E-state index is -0.0611. The molecule has 1 N–H and O–H groups in total. The third-order valence-electron chi connectivity index (χ3n) is 5.24. The molecule has 0 spiro atoms. The Morgan fingerprint density at radius 3 is 2.59 bits per heavy atom. The van der Waals surface area contributed by atoms with E-state index in [1.807, 2.05) is 42.5 Å². The first-order valence-corrected chi connectivity index (χ1v) is 10.7. The van der Waals surface area contributed by atoms with Crippen molar-refractivity contribution in [2.75, 3.05) is 45.8 Å². The summed E-state index contributed by atoms with van der Waals surface area (Å²) < 4.78 is 5.81. The zero-order chi connectivity index (χ0) is 20.5. The van der Waals surface area contributed by atoms with Crippen LogP contribution in [0.5, 0.6) is 5.75 Å². The van der Waals surface area contributed by atoms with Gasteiger partial charge in [-0.25, -0.2) is 0 Å². The molecule has 1 aliphatic heterocycles. The molecule has 0 aromatic heterocycles. The Morgan fingerprint density at radius 1 is 1.07 bits per heavy atom. The number of hydrogen-bond donors (Lipinski definition) is 1. The SMILES string of the molecule is CCN1CCN(CCCNC(=O)c2cccc(OCc3cccc(Cl)c3)c2)CC1. The third-order valence-corrected chi connectivity index (χ3v) is 5.47. The minimum absolute atomic E-state index is 0.0611. The number of carbonyl (C=O) groups excluding carboxylic acids is 1. The van der Waals surface area contributed by atoms with Crippen molar-refractivity contribution in [2.45, 2.75) is 20.0 Å². The number of rotatable bonds is 9. The molecule has 156 valence electrons. The quantitative estimate of drug-likeness (QED) is 0.634. The van der Waals surface area contributed by atoms with Gasteiger partial charge in [0.2, 0.25) is 0 Å². The van der Waals surface area contributed by atoms with Crippen molar-refractivity contribution in [3.8, 4) is 5.75 Å². The maximum absolute atomic E-state index is 12.4. The van der Waals surface area contributed by atoms with Crippen LogP contribution >= 0.6 is 11.6 Å². The van der Waals surface area contributed by atoms with Gasteiger partial charge in [-0.15, -0.1) is 0 Å². The average molecular weight is 416 g/mol. The third kappa shape index (κ3) is 7.03. The zero-order valence-electron chi connectivity index (χ0n) is 17.1. The molecule has 3 rings (SSSR count). The molecule has 1 heterocycles. The highest BCUT2D eigenvalue weighted by Crippen LogP contribution is 2.17. The van der Waals surface area contributed by atoms with Gasteiger partial charge in [0.1, 0.15) is 12.4 Å². The largest absolute Gasteiger partial charge is 0.489 e. The van der Waals surface area contributed by atoms with Gasteiger partial charge in [0, 0.05) is 43.3 Å². The van der Waals surface area contributed by atoms with Crippen molar-refractivity contribution in [1.82, 2.24) is 15.1 Å². The lowest BCUT2D eigenvalue weighted by atomic mass is 10.2. The predicted octanol–water partition coefficient (Wildman–Crippen LogP) is 3.68. The molecule has 0 atom stereocenters. The van der Waals surface area contributed by atoms with Crippen molar-refractivity contribution in [2.24, 2.45) is 0 Å². The topological polar surface area (TPSA) is 44.8 Å². The van der Waals surface area contributed by atoms with Gasteiger partial charge in [-0.05, 0) is 55.4 Å². The molecule has 1 aliphatic rings. The fraction of sp³-hybridized carbons (Fsp3) is 0.435. The van der Waals surface area contributed by atoms with Crippen LogP contribution in [0, 0.1) is 0 Å². The van der Waals surface area contributed by atoms with Crippen molar-refractivity contribution < 1.29 is 9.53 Å². The Balaban J connectivity index is 1.40. The zero-order valence-corrected chi connectivity index (χ0v) is 17.8.